The van der Waals surface area contributed by atoms with Crippen molar-refractivity contribution in [2.45, 2.75) is 19.8 Å². The number of hydrogen-bond donors (Lipinski definition) is 2. The molecule has 0 aliphatic heterocycles. The Kier molecular flexibility index (Phi) is 2.96. The van der Waals surface area contributed by atoms with Crippen molar-refractivity contribution in [3.8, 4) is 5.75 Å². The zero-order valence-corrected chi connectivity index (χ0v) is 8.04. The summed E-state index contributed by atoms with van der Waals surface area (Å²) in [6, 6.07) is 5.55. The van der Waals surface area contributed by atoms with E-state index in [1.54, 1.807) is 12.3 Å². The van der Waals surface area contributed by atoms with E-state index in [2.05, 4.69) is 25.7 Å². The lowest BCUT2D eigenvalue weighted by molar-refractivity contribution is 0.477. The highest BCUT2D eigenvalue weighted by Gasteiger charge is 2.03. The maximum absolute atomic E-state index is 9.44. The van der Waals surface area contributed by atoms with Crippen molar-refractivity contribution in [3.63, 3.8) is 0 Å². The van der Waals surface area contributed by atoms with Crippen LogP contribution in [0.2, 0.25) is 0 Å². The van der Waals surface area contributed by atoms with E-state index >= 15 is 0 Å². The highest BCUT2D eigenvalue weighted by atomic mass is 16.3. The summed E-state index contributed by atoms with van der Waals surface area (Å²) < 4.78 is 0. The van der Waals surface area contributed by atoms with Crippen LogP contribution in [0.5, 0.6) is 5.75 Å². The van der Waals surface area contributed by atoms with Gasteiger partial charge in [-0.3, -0.25) is 0 Å². The van der Waals surface area contributed by atoms with E-state index in [0.717, 1.165) is 0 Å². The van der Waals surface area contributed by atoms with Gasteiger partial charge in [0.25, 0.3) is 0 Å². The van der Waals surface area contributed by atoms with Crippen LogP contribution in [0.4, 0.5) is 5.69 Å². The Morgan fingerprint density at radius 2 is 2.15 bits per heavy atom. The molecule has 0 saturated heterocycles. The van der Waals surface area contributed by atoms with Gasteiger partial charge in [-0.05, 0) is 29.8 Å². The average Bonchev–Trinajstić information content (AvgIpc) is 2.08. The molecule has 2 nitrogen and oxygen atoms in total. The summed E-state index contributed by atoms with van der Waals surface area (Å²) in [4.78, 5) is 0. The monoisotopic (exact) mass is 177 g/mol. The summed E-state index contributed by atoms with van der Waals surface area (Å²) >= 11 is 0. The first kappa shape index (κ1) is 9.65. The van der Waals surface area contributed by atoms with Crippen molar-refractivity contribution in [1.29, 1.82) is 0 Å². The van der Waals surface area contributed by atoms with Gasteiger partial charge in [-0.15, -0.1) is 0 Å². The van der Waals surface area contributed by atoms with Crippen LogP contribution in [0, 0.1) is 0 Å². The molecule has 0 fully saturated rings. The Balaban J connectivity index is 3.03. The van der Waals surface area contributed by atoms with Gasteiger partial charge < -0.3 is 10.4 Å². The predicted molar refractivity (Wildman–Crippen MR) is 56.0 cm³/mol. The maximum Gasteiger partial charge on any atom is 0.139 e. The van der Waals surface area contributed by atoms with Crippen LogP contribution < -0.4 is 5.32 Å². The van der Waals surface area contributed by atoms with E-state index in [1.807, 2.05) is 12.1 Å². The molecule has 0 bridgehead atoms. The first-order valence-corrected chi connectivity index (χ1v) is 4.35. The summed E-state index contributed by atoms with van der Waals surface area (Å²) in [5.41, 5.74) is 1.91. The zero-order valence-electron chi connectivity index (χ0n) is 8.04. The Morgan fingerprint density at radius 3 is 2.69 bits per heavy atom. The van der Waals surface area contributed by atoms with Crippen LogP contribution in [0.3, 0.4) is 0 Å². The fourth-order valence-corrected chi connectivity index (χ4v) is 1.14. The molecule has 70 valence electrons. The standard InChI is InChI=1S/C11H15NO/c1-4-12-10-7-9(8(2)3)5-6-11(10)13/h4-8,12-13H,1H2,2-3H3. The van der Waals surface area contributed by atoms with Crippen molar-refractivity contribution >= 4 is 5.69 Å². The molecule has 0 aliphatic rings. The van der Waals surface area contributed by atoms with E-state index < -0.39 is 0 Å². The van der Waals surface area contributed by atoms with Gasteiger partial charge in [0.2, 0.25) is 0 Å². The molecule has 0 heterocycles. The smallest absolute Gasteiger partial charge is 0.139 e. The third-order valence-electron chi connectivity index (χ3n) is 1.94. The van der Waals surface area contributed by atoms with Gasteiger partial charge in [0.15, 0.2) is 0 Å². The molecule has 2 heteroatoms. The summed E-state index contributed by atoms with van der Waals surface area (Å²) in [5, 5.41) is 12.3. The van der Waals surface area contributed by atoms with E-state index in [-0.39, 0.29) is 5.75 Å². The molecule has 2 N–H and O–H groups in total. The Bertz CT molecular complexity index is 305. The van der Waals surface area contributed by atoms with Crippen LogP contribution in [0.1, 0.15) is 25.3 Å². The summed E-state index contributed by atoms with van der Waals surface area (Å²) in [7, 11) is 0. The fourth-order valence-electron chi connectivity index (χ4n) is 1.14. The highest BCUT2D eigenvalue weighted by molar-refractivity contribution is 5.58. The number of aromatic hydroxyl groups is 1. The molecule has 1 rings (SSSR count). The van der Waals surface area contributed by atoms with Gasteiger partial charge in [0, 0.05) is 0 Å². The first-order chi connectivity index (χ1) is 6.15. The summed E-state index contributed by atoms with van der Waals surface area (Å²) in [5.74, 6) is 0.718. The second kappa shape index (κ2) is 3.99. The van der Waals surface area contributed by atoms with Gasteiger partial charge >= 0.3 is 0 Å². The molecule has 1 aromatic rings. The van der Waals surface area contributed by atoms with Crippen LogP contribution in [0.15, 0.2) is 31.0 Å². The van der Waals surface area contributed by atoms with Crippen LogP contribution in [-0.4, -0.2) is 5.11 Å². The maximum atomic E-state index is 9.44. The van der Waals surface area contributed by atoms with E-state index in [1.165, 1.54) is 5.56 Å². The van der Waals surface area contributed by atoms with Crippen LogP contribution in [-0.2, 0) is 0 Å². The van der Waals surface area contributed by atoms with Gasteiger partial charge in [-0.2, -0.15) is 0 Å². The first-order valence-electron chi connectivity index (χ1n) is 4.35. The molecule has 0 unspecified atom stereocenters. The number of rotatable bonds is 3. The van der Waals surface area contributed by atoms with Gasteiger partial charge in [-0.1, -0.05) is 26.5 Å². The minimum Gasteiger partial charge on any atom is -0.506 e. The van der Waals surface area contributed by atoms with E-state index in [4.69, 9.17) is 0 Å². The number of anilines is 1. The SMILES string of the molecule is C=CNc1cc(C(C)C)ccc1O. The van der Waals surface area contributed by atoms with Crippen LogP contribution in [0.25, 0.3) is 0 Å². The van der Waals surface area contributed by atoms with Gasteiger partial charge in [0.1, 0.15) is 5.75 Å². The molecule has 0 spiro atoms. The lowest BCUT2D eigenvalue weighted by Crippen LogP contribution is -1.91. The molecule has 0 saturated carbocycles. The largest absolute Gasteiger partial charge is 0.506 e. The van der Waals surface area contributed by atoms with Gasteiger partial charge in [0.05, 0.1) is 5.69 Å². The second-order valence-corrected chi connectivity index (χ2v) is 3.28. The molecule has 0 radical (unpaired) electrons. The number of benzene rings is 1. The van der Waals surface area contributed by atoms with Crippen molar-refractivity contribution in [3.05, 3.63) is 36.5 Å². The molecule has 0 atom stereocenters. The third kappa shape index (κ3) is 2.25. The molecule has 0 aliphatic carbocycles. The van der Waals surface area contributed by atoms with Crippen molar-refractivity contribution in [1.82, 2.24) is 0 Å². The average molecular weight is 177 g/mol. The van der Waals surface area contributed by atoms with E-state index in [0.29, 0.717) is 11.6 Å². The van der Waals surface area contributed by atoms with Crippen LogP contribution >= 0.6 is 0 Å². The summed E-state index contributed by atoms with van der Waals surface area (Å²) in [6.45, 7) is 7.78. The second-order valence-electron chi connectivity index (χ2n) is 3.28. The molecular formula is C11H15NO. The quantitative estimate of drug-likeness (QED) is 0.695. The topological polar surface area (TPSA) is 32.3 Å². The Hall–Kier alpha value is -1.44. The fraction of sp³-hybridized carbons (Fsp3) is 0.273. The lowest BCUT2D eigenvalue weighted by atomic mass is 10.0. The lowest BCUT2D eigenvalue weighted by Gasteiger charge is -2.09. The Labute approximate surface area is 78.9 Å². The molecular weight excluding hydrogens is 162 g/mol. The minimum absolute atomic E-state index is 0.254. The number of phenols is 1. The van der Waals surface area contributed by atoms with Crippen molar-refractivity contribution in [2.24, 2.45) is 0 Å². The normalized spacial score (nSPS) is 10.1. The zero-order chi connectivity index (χ0) is 9.84. The summed E-state index contributed by atoms with van der Waals surface area (Å²) in [6.07, 6.45) is 1.55. The molecule has 13 heavy (non-hydrogen) atoms. The number of nitrogens with one attached hydrogen (secondary N) is 1. The van der Waals surface area contributed by atoms with E-state index in [9.17, 15) is 5.11 Å². The number of hydrogen-bond acceptors (Lipinski definition) is 2. The molecule has 0 aromatic heterocycles. The molecule has 0 amide bonds. The third-order valence-corrected chi connectivity index (χ3v) is 1.94. The highest BCUT2D eigenvalue weighted by Crippen LogP contribution is 2.27. The predicted octanol–water partition coefficient (Wildman–Crippen LogP) is 3.07. The van der Waals surface area contributed by atoms with Crippen molar-refractivity contribution in [2.75, 3.05) is 5.32 Å². The molecule has 1 aromatic carbocycles. The van der Waals surface area contributed by atoms with Crippen molar-refractivity contribution < 1.29 is 5.11 Å². The minimum atomic E-state index is 0.254. The van der Waals surface area contributed by atoms with Gasteiger partial charge in [-0.25, -0.2) is 0 Å². The Morgan fingerprint density at radius 1 is 1.46 bits per heavy atom. The number of phenolic OH excluding ortho intramolecular Hbond substituents is 1.